The minimum absolute atomic E-state index is 0.137. The molecule has 0 saturated heterocycles. The second kappa shape index (κ2) is 6.33. The summed E-state index contributed by atoms with van der Waals surface area (Å²) in [5, 5.41) is 8.22. The second-order valence-electron chi connectivity index (χ2n) is 4.90. The lowest BCUT2D eigenvalue weighted by Crippen LogP contribution is -2.22. The summed E-state index contributed by atoms with van der Waals surface area (Å²) < 4.78 is 0. The van der Waals surface area contributed by atoms with Crippen LogP contribution in [-0.2, 0) is 0 Å². The van der Waals surface area contributed by atoms with Crippen molar-refractivity contribution in [3.63, 3.8) is 0 Å². The first kappa shape index (κ1) is 14.9. The fourth-order valence-electron chi connectivity index (χ4n) is 1.80. The Hall–Kier alpha value is -1.46. The van der Waals surface area contributed by atoms with Gasteiger partial charge in [-0.25, -0.2) is 5.43 Å². The number of carbonyl (C=O) groups excluding carboxylic acids is 1. The van der Waals surface area contributed by atoms with Crippen molar-refractivity contribution in [2.24, 2.45) is 11.0 Å². The third-order valence-electron chi connectivity index (χ3n) is 3.13. The van der Waals surface area contributed by atoms with Gasteiger partial charge in [-0.2, -0.15) is 5.10 Å². The molecule has 2 heterocycles. The molecule has 20 heavy (non-hydrogen) atoms. The number of thiophene rings is 2. The van der Waals surface area contributed by atoms with Crippen molar-refractivity contribution in [1.82, 2.24) is 5.43 Å². The first-order valence-corrected chi connectivity index (χ1v) is 8.23. The van der Waals surface area contributed by atoms with E-state index in [0.29, 0.717) is 5.56 Å². The van der Waals surface area contributed by atoms with Crippen molar-refractivity contribution in [3.8, 4) is 0 Å². The van der Waals surface area contributed by atoms with Crippen LogP contribution in [0.2, 0.25) is 0 Å². The van der Waals surface area contributed by atoms with E-state index in [0.717, 1.165) is 16.2 Å². The van der Waals surface area contributed by atoms with E-state index in [1.165, 1.54) is 4.88 Å². The SMILES string of the molecule is Cc1scc(C(=O)N/N=C(\c2cccs2)C(C)C)c1C. The van der Waals surface area contributed by atoms with Crippen LogP contribution in [0.3, 0.4) is 0 Å². The predicted molar refractivity (Wildman–Crippen MR) is 87.0 cm³/mol. The minimum Gasteiger partial charge on any atom is -0.267 e. The van der Waals surface area contributed by atoms with Crippen LogP contribution < -0.4 is 5.43 Å². The lowest BCUT2D eigenvalue weighted by Gasteiger charge is -2.08. The molecule has 0 aliphatic heterocycles. The normalized spacial score (nSPS) is 11.9. The Labute approximate surface area is 127 Å². The van der Waals surface area contributed by atoms with Crippen molar-refractivity contribution in [2.45, 2.75) is 27.7 Å². The maximum absolute atomic E-state index is 12.2. The highest BCUT2D eigenvalue weighted by Crippen LogP contribution is 2.20. The highest BCUT2D eigenvalue weighted by Gasteiger charge is 2.14. The second-order valence-corrected chi connectivity index (χ2v) is 6.93. The number of hydrogen-bond acceptors (Lipinski definition) is 4. The van der Waals surface area contributed by atoms with E-state index in [9.17, 15) is 4.79 Å². The number of hydrazone groups is 1. The molecule has 0 spiro atoms. The Morgan fingerprint density at radius 3 is 2.55 bits per heavy atom. The van der Waals surface area contributed by atoms with Gasteiger partial charge in [0.2, 0.25) is 0 Å². The van der Waals surface area contributed by atoms with Crippen molar-refractivity contribution in [2.75, 3.05) is 0 Å². The van der Waals surface area contributed by atoms with Gasteiger partial charge >= 0.3 is 0 Å². The summed E-state index contributed by atoms with van der Waals surface area (Å²) in [6.45, 7) is 8.13. The topological polar surface area (TPSA) is 41.5 Å². The molecule has 5 heteroatoms. The molecule has 2 aromatic heterocycles. The summed E-state index contributed by atoms with van der Waals surface area (Å²) in [6.07, 6.45) is 0. The molecule has 106 valence electrons. The van der Waals surface area contributed by atoms with E-state index >= 15 is 0 Å². The van der Waals surface area contributed by atoms with E-state index in [-0.39, 0.29) is 11.8 Å². The van der Waals surface area contributed by atoms with Crippen molar-refractivity contribution >= 4 is 34.3 Å². The molecular weight excluding hydrogens is 288 g/mol. The van der Waals surface area contributed by atoms with Crippen LogP contribution in [0.25, 0.3) is 0 Å². The number of carbonyl (C=O) groups is 1. The number of rotatable bonds is 4. The molecule has 0 aromatic carbocycles. The zero-order valence-electron chi connectivity index (χ0n) is 12.1. The molecule has 1 amide bonds. The van der Waals surface area contributed by atoms with Crippen LogP contribution in [0.1, 0.15) is 39.5 Å². The van der Waals surface area contributed by atoms with Gasteiger partial charge in [-0.1, -0.05) is 19.9 Å². The summed E-state index contributed by atoms with van der Waals surface area (Å²) >= 11 is 3.22. The first-order valence-electron chi connectivity index (χ1n) is 6.47. The Morgan fingerprint density at radius 1 is 1.30 bits per heavy atom. The summed E-state index contributed by atoms with van der Waals surface area (Å²) in [6, 6.07) is 4.02. The fraction of sp³-hybridized carbons (Fsp3) is 0.333. The lowest BCUT2D eigenvalue weighted by molar-refractivity contribution is 0.0954. The summed E-state index contributed by atoms with van der Waals surface area (Å²) in [7, 11) is 0. The maximum Gasteiger partial charge on any atom is 0.272 e. The van der Waals surface area contributed by atoms with E-state index < -0.39 is 0 Å². The summed E-state index contributed by atoms with van der Waals surface area (Å²) in [5.41, 5.74) is 5.35. The first-order chi connectivity index (χ1) is 9.50. The van der Waals surface area contributed by atoms with Crippen molar-refractivity contribution in [1.29, 1.82) is 0 Å². The molecule has 2 aromatic rings. The molecule has 0 fully saturated rings. The van der Waals surface area contributed by atoms with Gasteiger partial charge in [-0.05, 0) is 36.8 Å². The van der Waals surface area contributed by atoms with Gasteiger partial charge in [0, 0.05) is 10.3 Å². The lowest BCUT2D eigenvalue weighted by atomic mass is 10.1. The van der Waals surface area contributed by atoms with Crippen LogP contribution in [0, 0.1) is 19.8 Å². The van der Waals surface area contributed by atoms with E-state index in [1.54, 1.807) is 22.7 Å². The highest BCUT2D eigenvalue weighted by molar-refractivity contribution is 7.12. The zero-order chi connectivity index (χ0) is 14.7. The van der Waals surface area contributed by atoms with E-state index in [2.05, 4.69) is 24.4 Å². The number of nitrogens with one attached hydrogen (secondary N) is 1. The maximum atomic E-state index is 12.2. The van der Waals surface area contributed by atoms with Gasteiger partial charge in [0.25, 0.3) is 5.91 Å². The molecule has 0 aliphatic carbocycles. The van der Waals surface area contributed by atoms with Crippen LogP contribution in [0.4, 0.5) is 0 Å². The molecule has 0 aliphatic rings. The predicted octanol–water partition coefficient (Wildman–Crippen LogP) is 4.22. The number of aryl methyl sites for hydroxylation is 1. The standard InChI is InChI=1S/C15H18N2OS2/c1-9(2)14(13-6-5-7-19-13)16-17-15(18)12-8-20-11(4)10(12)3/h5-9H,1-4H3,(H,17,18)/b16-14-. The minimum atomic E-state index is -0.137. The molecule has 2 rings (SSSR count). The van der Waals surface area contributed by atoms with Crippen LogP contribution >= 0.6 is 22.7 Å². The monoisotopic (exact) mass is 306 g/mol. The summed E-state index contributed by atoms with van der Waals surface area (Å²) in [4.78, 5) is 14.4. The Kier molecular flexibility index (Phi) is 4.73. The van der Waals surface area contributed by atoms with Gasteiger partial charge in [0.15, 0.2) is 0 Å². The van der Waals surface area contributed by atoms with Gasteiger partial charge in [-0.3, -0.25) is 4.79 Å². The number of hydrogen-bond donors (Lipinski definition) is 1. The molecule has 0 radical (unpaired) electrons. The van der Waals surface area contributed by atoms with Gasteiger partial charge < -0.3 is 0 Å². The Balaban J connectivity index is 2.18. The average Bonchev–Trinajstić information content (AvgIpc) is 3.01. The molecule has 0 saturated carbocycles. The van der Waals surface area contributed by atoms with Crippen LogP contribution in [0.5, 0.6) is 0 Å². The largest absolute Gasteiger partial charge is 0.272 e. The smallest absolute Gasteiger partial charge is 0.267 e. The highest BCUT2D eigenvalue weighted by atomic mass is 32.1. The van der Waals surface area contributed by atoms with Crippen molar-refractivity contribution < 1.29 is 4.79 Å². The van der Waals surface area contributed by atoms with Gasteiger partial charge in [0.1, 0.15) is 0 Å². The molecule has 1 N–H and O–H groups in total. The molecular formula is C15H18N2OS2. The molecule has 0 bridgehead atoms. The summed E-state index contributed by atoms with van der Waals surface area (Å²) in [5.74, 6) is 0.126. The van der Waals surface area contributed by atoms with Gasteiger partial charge in [0.05, 0.1) is 16.2 Å². The average molecular weight is 306 g/mol. The Bertz CT molecular complexity index is 624. The van der Waals surface area contributed by atoms with Gasteiger partial charge in [-0.15, -0.1) is 22.7 Å². The van der Waals surface area contributed by atoms with Crippen molar-refractivity contribution in [3.05, 3.63) is 43.8 Å². The number of nitrogens with zero attached hydrogens (tertiary/aromatic N) is 1. The van der Waals surface area contributed by atoms with E-state index in [1.807, 2.05) is 36.7 Å². The van der Waals surface area contributed by atoms with E-state index in [4.69, 9.17) is 0 Å². The zero-order valence-corrected chi connectivity index (χ0v) is 13.7. The van der Waals surface area contributed by atoms with Crippen LogP contribution in [0.15, 0.2) is 28.0 Å². The third-order valence-corrected chi connectivity index (χ3v) is 5.03. The van der Waals surface area contributed by atoms with Crippen LogP contribution in [-0.4, -0.2) is 11.6 Å². The quantitative estimate of drug-likeness (QED) is 0.667. The molecule has 0 unspecified atom stereocenters. The third kappa shape index (κ3) is 3.16. The number of amides is 1. The molecule has 0 atom stereocenters. The fourth-order valence-corrected chi connectivity index (χ4v) is 3.53. The molecule has 3 nitrogen and oxygen atoms in total. The Morgan fingerprint density at radius 2 is 2.05 bits per heavy atom.